The van der Waals surface area contributed by atoms with Crippen LogP contribution in [-0.2, 0) is 11.3 Å². The van der Waals surface area contributed by atoms with Crippen LogP contribution in [0.5, 0.6) is 17.2 Å². The number of rotatable bonds is 8. The average Bonchev–Trinajstić information content (AvgIpc) is 2.70. The predicted octanol–water partition coefficient (Wildman–Crippen LogP) is 4.87. The number of nitrogens with one attached hydrogen (secondary N) is 1. The van der Waals surface area contributed by atoms with Gasteiger partial charge in [0.25, 0.3) is 5.91 Å². The molecule has 0 bridgehead atoms. The summed E-state index contributed by atoms with van der Waals surface area (Å²) in [5, 5.41) is 2.94. The molecule has 0 atom stereocenters. The number of carbonyl (C=O) groups is 1. The molecule has 3 aromatic rings. The minimum Gasteiger partial charge on any atom is -0.484 e. The van der Waals surface area contributed by atoms with Gasteiger partial charge in [0.15, 0.2) is 6.61 Å². The number of ether oxygens (including phenoxy) is 2. The summed E-state index contributed by atoms with van der Waals surface area (Å²) in [5.41, 5.74) is 3.05. The minimum absolute atomic E-state index is 0.0613. The number of anilines is 1. The Balaban J connectivity index is 1.54. The first-order valence-corrected chi connectivity index (χ1v) is 9.49. The number of hydrogen-bond acceptors (Lipinski definition) is 4. The first-order chi connectivity index (χ1) is 14.0. The highest BCUT2D eigenvalue weighted by molar-refractivity contribution is 5.92. The molecule has 1 N–H and O–H groups in total. The van der Waals surface area contributed by atoms with Gasteiger partial charge in [0.05, 0.1) is 0 Å². The van der Waals surface area contributed by atoms with Crippen LogP contribution in [0.4, 0.5) is 5.69 Å². The molecule has 0 radical (unpaired) electrons. The van der Waals surface area contributed by atoms with Gasteiger partial charge in [-0.1, -0.05) is 35.9 Å². The van der Waals surface area contributed by atoms with Crippen molar-refractivity contribution >= 4 is 11.6 Å². The van der Waals surface area contributed by atoms with Gasteiger partial charge in [-0.3, -0.25) is 4.79 Å². The van der Waals surface area contributed by atoms with E-state index in [-0.39, 0.29) is 12.5 Å². The lowest BCUT2D eigenvalue weighted by Gasteiger charge is -2.16. The summed E-state index contributed by atoms with van der Waals surface area (Å²) >= 11 is 0. The van der Waals surface area contributed by atoms with Gasteiger partial charge < -0.3 is 19.7 Å². The second-order valence-corrected chi connectivity index (χ2v) is 7.12. The summed E-state index contributed by atoms with van der Waals surface area (Å²) in [7, 11) is 4.00. The Morgan fingerprint density at radius 1 is 0.897 bits per heavy atom. The van der Waals surface area contributed by atoms with Gasteiger partial charge in [-0.05, 0) is 69.0 Å². The van der Waals surface area contributed by atoms with E-state index in [1.807, 2.05) is 75.6 Å². The third-order valence-corrected chi connectivity index (χ3v) is 4.19. The Kier molecular flexibility index (Phi) is 6.87. The number of aryl methyl sites for hydroxylation is 1. The van der Waals surface area contributed by atoms with E-state index in [4.69, 9.17) is 9.47 Å². The molecule has 0 saturated carbocycles. The smallest absolute Gasteiger partial charge is 0.262 e. The number of para-hydroxylation sites is 1. The Morgan fingerprint density at radius 3 is 2.24 bits per heavy atom. The summed E-state index contributed by atoms with van der Waals surface area (Å²) in [4.78, 5) is 14.4. The van der Waals surface area contributed by atoms with Crippen LogP contribution >= 0.6 is 0 Å². The summed E-state index contributed by atoms with van der Waals surface area (Å²) in [6.07, 6.45) is 0. The van der Waals surface area contributed by atoms with Crippen LogP contribution in [0, 0.1) is 6.92 Å². The van der Waals surface area contributed by atoms with Crippen LogP contribution < -0.4 is 14.8 Å². The zero-order chi connectivity index (χ0) is 20.6. The maximum absolute atomic E-state index is 12.3. The number of benzene rings is 3. The molecule has 3 aromatic carbocycles. The highest BCUT2D eigenvalue weighted by Crippen LogP contribution is 2.24. The third-order valence-electron chi connectivity index (χ3n) is 4.19. The Hall–Kier alpha value is -3.31. The summed E-state index contributed by atoms with van der Waals surface area (Å²) in [5.74, 6) is 1.89. The SMILES string of the molecule is Cc1ccc(NC(=O)COc2ccc(Oc3ccccc3)cc2)c(CN(C)C)c1. The fourth-order valence-electron chi connectivity index (χ4n) is 2.88. The maximum Gasteiger partial charge on any atom is 0.262 e. The highest BCUT2D eigenvalue weighted by Gasteiger charge is 2.09. The molecule has 29 heavy (non-hydrogen) atoms. The number of nitrogens with zero attached hydrogens (tertiary/aromatic N) is 1. The van der Waals surface area contributed by atoms with Crippen molar-refractivity contribution in [3.8, 4) is 17.2 Å². The molecule has 5 heteroatoms. The Morgan fingerprint density at radius 2 is 1.55 bits per heavy atom. The molecule has 1 amide bonds. The van der Waals surface area contributed by atoms with Gasteiger partial charge in [0.1, 0.15) is 17.2 Å². The molecule has 5 nitrogen and oxygen atoms in total. The van der Waals surface area contributed by atoms with Crippen molar-refractivity contribution in [2.75, 3.05) is 26.0 Å². The van der Waals surface area contributed by atoms with E-state index in [1.54, 1.807) is 12.1 Å². The number of hydrogen-bond donors (Lipinski definition) is 1. The Bertz CT molecular complexity index is 938. The molecule has 0 fully saturated rings. The molecular weight excluding hydrogens is 364 g/mol. The molecule has 0 unspecified atom stereocenters. The van der Waals surface area contributed by atoms with Crippen LogP contribution in [0.1, 0.15) is 11.1 Å². The summed E-state index contributed by atoms with van der Waals surface area (Å²) in [6, 6.07) is 22.8. The first-order valence-electron chi connectivity index (χ1n) is 9.49. The zero-order valence-electron chi connectivity index (χ0n) is 17.0. The van der Waals surface area contributed by atoms with E-state index in [0.29, 0.717) is 11.5 Å². The molecule has 3 rings (SSSR count). The van der Waals surface area contributed by atoms with E-state index in [2.05, 4.69) is 16.3 Å². The van der Waals surface area contributed by atoms with E-state index >= 15 is 0 Å². The molecule has 0 spiro atoms. The summed E-state index contributed by atoms with van der Waals surface area (Å²) < 4.78 is 11.4. The van der Waals surface area contributed by atoms with Gasteiger partial charge in [-0.15, -0.1) is 0 Å². The number of carbonyl (C=O) groups excluding carboxylic acids is 1. The summed E-state index contributed by atoms with van der Waals surface area (Å²) in [6.45, 7) is 2.73. The normalized spacial score (nSPS) is 10.6. The monoisotopic (exact) mass is 390 g/mol. The maximum atomic E-state index is 12.3. The van der Waals surface area contributed by atoms with Gasteiger partial charge in [0, 0.05) is 12.2 Å². The molecular formula is C24H26N2O3. The van der Waals surface area contributed by atoms with Crippen LogP contribution in [-0.4, -0.2) is 31.5 Å². The van der Waals surface area contributed by atoms with Crippen molar-refractivity contribution < 1.29 is 14.3 Å². The molecule has 0 saturated heterocycles. The lowest BCUT2D eigenvalue weighted by Crippen LogP contribution is -2.22. The van der Waals surface area contributed by atoms with Crippen molar-refractivity contribution in [3.63, 3.8) is 0 Å². The topological polar surface area (TPSA) is 50.8 Å². The van der Waals surface area contributed by atoms with Crippen molar-refractivity contribution in [3.05, 3.63) is 83.9 Å². The predicted molar refractivity (Wildman–Crippen MR) is 116 cm³/mol. The van der Waals surface area contributed by atoms with Crippen molar-refractivity contribution in [1.82, 2.24) is 4.90 Å². The molecule has 0 aliphatic rings. The second-order valence-electron chi connectivity index (χ2n) is 7.12. The average molecular weight is 390 g/mol. The molecule has 0 heterocycles. The lowest BCUT2D eigenvalue weighted by molar-refractivity contribution is -0.118. The molecule has 0 aromatic heterocycles. The van der Waals surface area contributed by atoms with Gasteiger partial charge in [-0.2, -0.15) is 0 Å². The van der Waals surface area contributed by atoms with E-state index < -0.39 is 0 Å². The molecule has 0 aliphatic heterocycles. The largest absolute Gasteiger partial charge is 0.484 e. The first kappa shape index (κ1) is 20.4. The van der Waals surface area contributed by atoms with E-state index in [9.17, 15) is 4.79 Å². The van der Waals surface area contributed by atoms with Crippen molar-refractivity contribution in [2.24, 2.45) is 0 Å². The fourth-order valence-corrected chi connectivity index (χ4v) is 2.88. The minimum atomic E-state index is -0.196. The van der Waals surface area contributed by atoms with E-state index in [0.717, 1.165) is 29.1 Å². The van der Waals surface area contributed by atoms with Crippen LogP contribution in [0.15, 0.2) is 72.8 Å². The van der Waals surface area contributed by atoms with Gasteiger partial charge in [-0.25, -0.2) is 0 Å². The van der Waals surface area contributed by atoms with Crippen molar-refractivity contribution in [1.29, 1.82) is 0 Å². The molecule has 0 aliphatic carbocycles. The van der Waals surface area contributed by atoms with Crippen LogP contribution in [0.25, 0.3) is 0 Å². The standard InChI is InChI=1S/C24H26N2O3/c1-18-9-14-23(19(15-18)16-26(2)3)25-24(27)17-28-20-10-12-22(13-11-20)29-21-7-5-4-6-8-21/h4-15H,16-17H2,1-3H3,(H,25,27). The van der Waals surface area contributed by atoms with Gasteiger partial charge >= 0.3 is 0 Å². The quantitative estimate of drug-likeness (QED) is 0.596. The van der Waals surface area contributed by atoms with Crippen LogP contribution in [0.3, 0.4) is 0 Å². The van der Waals surface area contributed by atoms with Gasteiger partial charge in [0.2, 0.25) is 0 Å². The second kappa shape index (κ2) is 9.75. The molecule has 150 valence electrons. The highest BCUT2D eigenvalue weighted by atomic mass is 16.5. The van der Waals surface area contributed by atoms with E-state index in [1.165, 1.54) is 0 Å². The zero-order valence-corrected chi connectivity index (χ0v) is 17.0. The third kappa shape index (κ3) is 6.36. The Labute approximate surface area is 171 Å². The number of amides is 1. The van der Waals surface area contributed by atoms with Crippen LogP contribution in [0.2, 0.25) is 0 Å². The lowest BCUT2D eigenvalue weighted by atomic mass is 10.1. The van der Waals surface area contributed by atoms with Crippen molar-refractivity contribution in [2.45, 2.75) is 13.5 Å². The fraction of sp³-hybridized carbons (Fsp3) is 0.208.